The van der Waals surface area contributed by atoms with Crippen molar-refractivity contribution in [1.29, 1.82) is 0 Å². The molecule has 0 spiro atoms. The summed E-state index contributed by atoms with van der Waals surface area (Å²) >= 11 is 1.76. The normalized spacial score (nSPS) is 10.9. The summed E-state index contributed by atoms with van der Waals surface area (Å²) in [4.78, 5) is 2.33. The van der Waals surface area contributed by atoms with Gasteiger partial charge in [0.05, 0.1) is 0 Å². The van der Waals surface area contributed by atoms with E-state index in [0.717, 1.165) is 56.1 Å². The minimum atomic E-state index is 0.732. The maximum atomic E-state index is 6.01. The highest BCUT2D eigenvalue weighted by Crippen LogP contribution is 2.52. The molecule has 0 unspecified atom stereocenters. The molecule has 0 aliphatic heterocycles. The maximum absolute atomic E-state index is 6.01. The van der Waals surface area contributed by atoms with Gasteiger partial charge in [-0.2, -0.15) is 0 Å². The average molecular weight is 449 g/mol. The summed E-state index contributed by atoms with van der Waals surface area (Å²) in [6.45, 7) is 0. The van der Waals surface area contributed by atoms with Crippen molar-refractivity contribution in [3.8, 4) is 43.1 Å². The third-order valence-corrected chi connectivity index (χ3v) is 6.94. The molecule has 0 bridgehead atoms. The lowest BCUT2D eigenvalue weighted by atomic mass is 9.91. The van der Waals surface area contributed by atoms with Crippen LogP contribution in [-0.2, 0) is 0 Å². The van der Waals surface area contributed by atoms with Crippen LogP contribution in [0.2, 0.25) is 0 Å². The number of nitrogen functional groups attached to an aromatic ring is 4. The van der Waals surface area contributed by atoms with Gasteiger partial charge in [-0.25, -0.2) is 0 Å². The van der Waals surface area contributed by atoms with Crippen LogP contribution in [0.5, 0.6) is 0 Å². The van der Waals surface area contributed by atoms with Crippen LogP contribution in [0, 0.1) is 0 Å². The van der Waals surface area contributed by atoms with E-state index in [1.54, 1.807) is 11.3 Å². The zero-order chi connectivity index (χ0) is 22.9. The van der Waals surface area contributed by atoms with Crippen LogP contribution >= 0.6 is 11.3 Å². The van der Waals surface area contributed by atoms with Crippen molar-refractivity contribution >= 4 is 34.1 Å². The SMILES string of the molecule is Nc1ccc(-c2sc(-c3ccc(N)cc3)c(-c3ccc(N)cc3)c2-c2ccc(N)cc2)cc1. The first-order valence-electron chi connectivity index (χ1n) is 10.6. The number of hydrogen-bond donors (Lipinski definition) is 4. The average Bonchev–Trinajstić information content (AvgIpc) is 3.21. The van der Waals surface area contributed by atoms with Gasteiger partial charge in [0.2, 0.25) is 0 Å². The maximum Gasteiger partial charge on any atom is 0.0434 e. The molecule has 5 rings (SSSR count). The van der Waals surface area contributed by atoms with Crippen LogP contribution < -0.4 is 22.9 Å². The monoisotopic (exact) mass is 448 g/mol. The van der Waals surface area contributed by atoms with E-state index in [0.29, 0.717) is 0 Å². The van der Waals surface area contributed by atoms with Gasteiger partial charge in [-0.1, -0.05) is 48.5 Å². The molecule has 0 aliphatic rings. The molecule has 4 nitrogen and oxygen atoms in total. The Kier molecular flexibility index (Phi) is 5.24. The highest BCUT2D eigenvalue weighted by Gasteiger charge is 2.23. The van der Waals surface area contributed by atoms with E-state index in [4.69, 9.17) is 22.9 Å². The molecular formula is C28H24N4S. The molecule has 5 heteroatoms. The van der Waals surface area contributed by atoms with Crippen molar-refractivity contribution in [3.63, 3.8) is 0 Å². The Bertz CT molecular complexity index is 1290. The second-order valence-corrected chi connectivity index (χ2v) is 9.02. The van der Waals surface area contributed by atoms with Gasteiger partial charge in [-0.15, -0.1) is 11.3 Å². The van der Waals surface area contributed by atoms with Crippen molar-refractivity contribution in [3.05, 3.63) is 97.1 Å². The predicted octanol–water partition coefficient (Wildman–Crippen LogP) is 6.74. The second kappa shape index (κ2) is 8.37. The molecule has 33 heavy (non-hydrogen) atoms. The molecule has 0 saturated carbocycles. The van der Waals surface area contributed by atoms with E-state index in [2.05, 4.69) is 48.5 Å². The molecule has 162 valence electrons. The lowest BCUT2D eigenvalue weighted by Gasteiger charge is -2.12. The van der Waals surface area contributed by atoms with Gasteiger partial charge in [-0.3, -0.25) is 0 Å². The highest BCUT2D eigenvalue weighted by atomic mass is 32.1. The Morgan fingerprint density at radius 2 is 0.576 bits per heavy atom. The Morgan fingerprint density at radius 1 is 0.333 bits per heavy atom. The first-order valence-corrected chi connectivity index (χ1v) is 11.4. The largest absolute Gasteiger partial charge is 0.399 e. The van der Waals surface area contributed by atoms with Gasteiger partial charge >= 0.3 is 0 Å². The molecular weight excluding hydrogens is 424 g/mol. The van der Waals surface area contributed by atoms with Crippen molar-refractivity contribution in [1.82, 2.24) is 0 Å². The van der Waals surface area contributed by atoms with E-state index in [1.165, 1.54) is 9.75 Å². The van der Waals surface area contributed by atoms with Crippen molar-refractivity contribution in [2.24, 2.45) is 0 Å². The summed E-state index contributed by atoms with van der Waals surface area (Å²) in [5, 5.41) is 0. The van der Waals surface area contributed by atoms with Crippen molar-refractivity contribution in [2.75, 3.05) is 22.9 Å². The lowest BCUT2D eigenvalue weighted by molar-refractivity contribution is 1.60. The number of rotatable bonds is 4. The summed E-state index contributed by atoms with van der Waals surface area (Å²) in [6.07, 6.45) is 0. The Balaban J connectivity index is 1.86. The number of nitrogens with two attached hydrogens (primary N) is 4. The van der Waals surface area contributed by atoms with Crippen LogP contribution in [0.4, 0.5) is 22.7 Å². The fraction of sp³-hybridized carbons (Fsp3) is 0. The summed E-state index contributed by atoms with van der Waals surface area (Å²) in [6, 6.07) is 32.1. The fourth-order valence-corrected chi connectivity index (χ4v) is 5.31. The number of thiophene rings is 1. The number of benzene rings is 4. The van der Waals surface area contributed by atoms with E-state index in [1.807, 2.05) is 48.5 Å². The van der Waals surface area contributed by atoms with Crippen LogP contribution in [0.1, 0.15) is 0 Å². The lowest BCUT2D eigenvalue weighted by Crippen LogP contribution is -1.89. The molecule has 1 aromatic heterocycles. The molecule has 0 aliphatic carbocycles. The Hall–Kier alpha value is -4.22. The van der Waals surface area contributed by atoms with Crippen LogP contribution in [-0.4, -0.2) is 0 Å². The first-order chi connectivity index (χ1) is 16.0. The first kappa shape index (κ1) is 20.7. The van der Waals surface area contributed by atoms with Gasteiger partial charge in [0.25, 0.3) is 0 Å². The van der Waals surface area contributed by atoms with Gasteiger partial charge in [-0.05, 0) is 70.8 Å². The fourth-order valence-electron chi connectivity index (χ4n) is 3.96. The quantitative estimate of drug-likeness (QED) is 0.228. The minimum absolute atomic E-state index is 0.732. The third kappa shape index (κ3) is 4.02. The van der Waals surface area contributed by atoms with Gasteiger partial charge in [0.1, 0.15) is 0 Å². The molecule has 0 atom stereocenters. The summed E-state index contributed by atoms with van der Waals surface area (Å²) in [5.74, 6) is 0. The molecule has 0 radical (unpaired) electrons. The van der Waals surface area contributed by atoms with Crippen LogP contribution in [0.25, 0.3) is 43.1 Å². The van der Waals surface area contributed by atoms with Crippen LogP contribution in [0.15, 0.2) is 97.1 Å². The second-order valence-electron chi connectivity index (χ2n) is 8.00. The number of anilines is 4. The van der Waals surface area contributed by atoms with Crippen molar-refractivity contribution in [2.45, 2.75) is 0 Å². The molecule has 1 heterocycles. The highest BCUT2D eigenvalue weighted by molar-refractivity contribution is 7.20. The smallest absolute Gasteiger partial charge is 0.0434 e. The zero-order valence-corrected chi connectivity index (χ0v) is 18.8. The van der Waals surface area contributed by atoms with Crippen LogP contribution in [0.3, 0.4) is 0 Å². The topological polar surface area (TPSA) is 104 Å². The van der Waals surface area contributed by atoms with E-state index >= 15 is 0 Å². The van der Waals surface area contributed by atoms with Gasteiger partial charge in [0.15, 0.2) is 0 Å². The predicted molar refractivity (Wildman–Crippen MR) is 144 cm³/mol. The number of hydrogen-bond acceptors (Lipinski definition) is 5. The summed E-state index contributed by atoms with van der Waals surface area (Å²) < 4.78 is 0. The van der Waals surface area contributed by atoms with Crippen molar-refractivity contribution < 1.29 is 0 Å². The molecule has 0 saturated heterocycles. The van der Waals surface area contributed by atoms with E-state index < -0.39 is 0 Å². The third-order valence-electron chi connectivity index (χ3n) is 5.65. The van der Waals surface area contributed by atoms with E-state index in [9.17, 15) is 0 Å². The molecule has 0 fully saturated rings. The van der Waals surface area contributed by atoms with Gasteiger partial charge < -0.3 is 22.9 Å². The zero-order valence-electron chi connectivity index (χ0n) is 18.0. The molecule has 8 N–H and O–H groups in total. The Morgan fingerprint density at radius 3 is 0.848 bits per heavy atom. The Labute approximate surface area is 197 Å². The van der Waals surface area contributed by atoms with E-state index in [-0.39, 0.29) is 0 Å². The summed E-state index contributed by atoms with van der Waals surface area (Å²) in [7, 11) is 0. The molecule has 4 aromatic carbocycles. The minimum Gasteiger partial charge on any atom is -0.399 e. The molecule has 0 amide bonds. The standard InChI is InChI=1S/C28H24N4S/c29-21-9-1-17(2-10-21)25-26(18-3-11-22(30)12-4-18)28(20-7-15-24(32)16-8-20)33-27(25)19-5-13-23(31)14-6-19/h1-16H,29-32H2. The molecule has 5 aromatic rings. The van der Waals surface area contributed by atoms with Gasteiger partial charge in [0, 0.05) is 43.6 Å². The summed E-state index contributed by atoms with van der Waals surface area (Å²) in [5.41, 5.74) is 33.6.